The highest BCUT2D eigenvalue weighted by Crippen LogP contribution is 2.07. The van der Waals surface area contributed by atoms with Crippen molar-refractivity contribution >= 4 is 5.91 Å². The minimum absolute atomic E-state index is 0.200. The van der Waals surface area contributed by atoms with E-state index in [9.17, 15) is 4.79 Å². The summed E-state index contributed by atoms with van der Waals surface area (Å²) in [7, 11) is 1.99. The van der Waals surface area contributed by atoms with Crippen molar-refractivity contribution in [3.8, 4) is 0 Å². The normalized spacial score (nSPS) is 13.7. The number of carbonyl (C=O) groups excluding carboxylic acids is 1. The summed E-state index contributed by atoms with van der Waals surface area (Å²) in [6.07, 6.45) is 0.935. The van der Waals surface area contributed by atoms with Gasteiger partial charge in [0.05, 0.1) is 6.54 Å². The van der Waals surface area contributed by atoms with Gasteiger partial charge in [-0.1, -0.05) is 13.8 Å². The Balaban J connectivity index is 4.24. The lowest BCUT2D eigenvalue weighted by Gasteiger charge is -2.32. The molecule has 0 heterocycles. The van der Waals surface area contributed by atoms with Crippen LogP contribution < -0.4 is 5.73 Å². The Kier molecular flexibility index (Phi) is 8.26. The molecule has 1 amide bonds. The second kappa shape index (κ2) is 8.54. The van der Waals surface area contributed by atoms with E-state index in [0.717, 1.165) is 13.0 Å². The van der Waals surface area contributed by atoms with Crippen LogP contribution >= 0.6 is 0 Å². The van der Waals surface area contributed by atoms with Crippen LogP contribution in [0, 0.1) is 5.92 Å². The molecule has 0 aromatic rings. The number of likely N-dealkylation sites (N-methyl/N-ethyl adjacent to an activating group) is 1. The van der Waals surface area contributed by atoms with Crippen LogP contribution in [0.3, 0.4) is 0 Å². The van der Waals surface area contributed by atoms with Gasteiger partial charge >= 0.3 is 0 Å². The van der Waals surface area contributed by atoms with Crippen molar-refractivity contribution in [2.24, 2.45) is 11.7 Å². The zero-order valence-electron chi connectivity index (χ0n) is 13.8. The van der Waals surface area contributed by atoms with Gasteiger partial charge < -0.3 is 10.6 Å². The summed E-state index contributed by atoms with van der Waals surface area (Å²) in [6.45, 7) is 13.9. The Hall–Kier alpha value is -0.610. The molecule has 0 aromatic heterocycles. The van der Waals surface area contributed by atoms with Crippen LogP contribution in [0.4, 0.5) is 0 Å². The first-order valence-electron chi connectivity index (χ1n) is 7.42. The molecule has 0 aliphatic rings. The quantitative estimate of drug-likeness (QED) is 0.734. The fraction of sp³-hybridized carbons (Fsp3) is 0.933. The molecule has 4 nitrogen and oxygen atoms in total. The second-order valence-electron chi connectivity index (χ2n) is 6.42. The van der Waals surface area contributed by atoms with Crippen LogP contribution in [-0.2, 0) is 4.79 Å². The van der Waals surface area contributed by atoms with E-state index in [1.54, 1.807) is 0 Å². The van der Waals surface area contributed by atoms with Gasteiger partial charge in [-0.2, -0.15) is 0 Å². The maximum Gasteiger partial charge on any atom is 0.237 e. The Morgan fingerprint density at radius 3 is 1.89 bits per heavy atom. The van der Waals surface area contributed by atoms with E-state index < -0.39 is 0 Å². The largest absolute Gasteiger partial charge is 0.337 e. The summed E-state index contributed by atoms with van der Waals surface area (Å²) >= 11 is 0. The molecule has 0 fully saturated rings. The molecular weight excluding hydrogens is 238 g/mol. The predicted molar refractivity (Wildman–Crippen MR) is 82.0 cm³/mol. The van der Waals surface area contributed by atoms with Gasteiger partial charge in [0.15, 0.2) is 0 Å². The fourth-order valence-electron chi connectivity index (χ4n) is 2.27. The molecule has 1 unspecified atom stereocenters. The first kappa shape index (κ1) is 18.4. The number of nitrogens with zero attached hydrogens (tertiary/aromatic N) is 2. The summed E-state index contributed by atoms with van der Waals surface area (Å²) in [5, 5.41) is 0. The molecule has 0 rings (SSSR count). The van der Waals surface area contributed by atoms with E-state index in [-0.39, 0.29) is 24.0 Å². The Morgan fingerprint density at radius 2 is 1.53 bits per heavy atom. The molecule has 19 heavy (non-hydrogen) atoms. The van der Waals surface area contributed by atoms with E-state index in [1.165, 1.54) is 0 Å². The summed E-state index contributed by atoms with van der Waals surface area (Å²) in [6, 6.07) is 0.710. The van der Waals surface area contributed by atoms with Crippen molar-refractivity contribution in [2.45, 2.75) is 66.1 Å². The summed E-state index contributed by atoms with van der Waals surface area (Å²) in [5.41, 5.74) is 6.03. The monoisotopic (exact) mass is 271 g/mol. The van der Waals surface area contributed by atoms with Gasteiger partial charge in [0, 0.05) is 18.1 Å². The fourth-order valence-corrected chi connectivity index (χ4v) is 2.27. The van der Waals surface area contributed by atoms with Crippen LogP contribution in [0.15, 0.2) is 0 Å². The van der Waals surface area contributed by atoms with Crippen molar-refractivity contribution in [3.05, 3.63) is 0 Å². The van der Waals surface area contributed by atoms with Crippen molar-refractivity contribution < 1.29 is 4.79 Å². The molecule has 0 saturated heterocycles. The van der Waals surface area contributed by atoms with Gasteiger partial charge in [0.25, 0.3) is 0 Å². The van der Waals surface area contributed by atoms with Crippen molar-refractivity contribution in [1.82, 2.24) is 9.80 Å². The van der Waals surface area contributed by atoms with Crippen LogP contribution in [0.25, 0.3) is 0 Å². The van der Waals surface area contributed by atoms with E-state index in [2.05, 4.69) is 46.4 Å². The molecule has 114 valence electrons. The second-order valence-corrected chi connectivity index (χ2v) is 6.42. The zero-order chi connectivity index (χ0) is 15.2. The number of rotatable bonds is 8. The summed E-state index contributed by atoms with van der Waals surface area (Å²) in [4.78, 5) is 16.3. The van der Waals surface area contributed by atoms with Crippen molar-refractivity contribution in [2.75, 3.05) is 20.1 Å². The minimum Gasteiger partial charge on any atom is -0.337 e. The minimum atomic E-state index is 0.200. The van der Waals surface area contributed by atoms with E-state index in [0.29, 0.717) is 12.5 Å². The van der Waals surface area contributed by atoms with Gasteiger partial charge in [0.2, 0.25) is 5.91 Å². The van der Waals surface area contributed by atoms with Crippen molar-refractivity contribution in [1.29, 1.82) is 0 Å². The third kappa shape index (κ3) is 6.92. The van der Waals surface area contributed by atoms with E-state index >= 15 is 0 Å². The first-order valence-corrected chi connectivity index (χ1v) is 7.42. The summed E-state index contributed by atoms with van der Waals surface area (Å²) < 4.78 is 0. The van der Waals surface area contributed by atoms with Gasteiger partial charge in [-0.25, -0.2) is 0 Å². The molecule has 2 N–H and O–H groups in total. The Morgan fingerprint density at radius 1 is 1.05 bits per heavy atom. The molecule has 1 atom stereocenters. The van der Waals surface area contributed by atoms with Crippen LogP contribution in [0.1, 0.15) is 48.0 Å². The maximum absolute atomic E-state index is 12.3. The van der Waals surface area contributed by atoms with Crippen LogP contribution in [0.2, 0.25) is 0 Å². The Labute approximate surface area is 119 Å². The number of amides is 1. The molecule has 0 bridgehead atoms. The molecular formula is C15H33N3O. The standard InChI is InChI=1S/C15H33N3O/c1-11(2)14(16)8-9-17(7)10-15(19)18(12(3)4)13(5)6/h11-14H,8-10,16H2,1-7H3. The van der Waals surface area contributed by atoms with Gasteiger partial charge in [-0.15, -0.1) is 0 Å². The third-order valence-corrected chi connectivity index (χ3v) is 3.51. The topological polar surface area (TPSA) is 49.6 Å². The van der Waals surface area contributed by atoms with Gasteiger partial charge in [-0.05, 0) is 53.6 Å². The predicted octanol–water partition coefficient (Wildman–Crippen LogP) is 1.94. The lowest BCUT2D eigenvalue weighted by molar-refractivity contribution is -0.135. The SMILES string of the molecule is CC(C)C(N)CCN(C)CC(=O)N(C(C)C)C(C)C. The van der Waals surface area contributed by atoms with Crippen molar-refractivity contribution in [3.63, 3.8) is 0 Å². The molecule has 0 saturated carbocycles. The van der Waals surface area contributed by atoms with Crippen LogP contribution in [-0.4, -0.2) is 54.0 Å². The highest BCUT2D eigenvalue weighted by atomic mass is 16.2. The third-order valence-electron chi connectivity index (χ3n) is 3.51. The molecule has 0 aliphatic carbocycles. The first-order chi connectivity index (χ1) is 8.66. The number of carbonyl (C=O) groups is 1. The number of hydrogen-bond acceptors (Lipinski definition) is 3. The average Bonchev–Trinajstić information content (AvgIpc) is 2.24. The van der Waals surface area contributed by atoms with Crippen LogP contribution in [0.5, 0.6) is 0 Å². The smallest absolute Gasteiger partial charge is 0.237 e. The highest BCUT2D eigenvalue weighted by Gasteiger charge is 2.21. The number of nitrogens with two attached hydrogens (primary N) is 1. The highest BCUT2D eigenvalue weighted by molar-refractivity contribution is 5.78. The molecule has 0 radical (unpaired) electrons. The Bertz CT molecular complexity index is 256. The number of hydrogen-bond donors (Lipinski definition) is 1. The zero-order valence-corrected chi connectivity index (χ0v) is 13.8. The molecule has 0 aliphatic heterocycles. The average molecular weight is 271 g/mol. The molecule has 0 spiro atoms. The maximum atomic E-state index is 12.3. The molecule has 0 aromatic carbocycles. The van der Waals surface area contributed by atoms with E-state index in [4.69, 9.17) is 5.73 Å². The summed E-state index contributed by atoms with van der Waals surface area (Å²) in [5.74, 6) is 0.692. The van der Waals surface area contributed by atoms with Gasteiger partial charge in [-0.3, -0.25) is 9.69 Å². The lowest BCUT2D eigenvalue weighted by atomic mass is 10.0. The van der Waals surface area contributed by atoms with Gasteiger partial charge in [0.1, 0.15) is 0 Å². The molecule has 4 heteroatoms. The van der Waals surface area contributed by atoms with E-state index in [1.807, 2.05) is 11.9 Å². The lowest BCUT2D eigenvalue weighted by Crippen LogP contribution is -2.47.